The monoisotopic (exact) mass is 250 g/mol. The van der Waals surface area contributed by atoms with Crippen molar-refractivity contribution in [1.29, 1.82) is 0 Å². The van der Waals surface area contributed by atoms with Crippen LogP contribution in [0.1, 0.15) is 6.42 Å². The van der Waals surface area contributed by atoms with Gasteiger partial charge in [0.2, 0.25) is 0 Å². The molecule has 0 aromatic heterocycles. The number of hydrogen-bond acceptors (Lipinski definition) is 4. The van der Waals surface area contributed by atoms with Crippen molar-refractivity contribution in [3.63, 3.8) is 0 Å². The number of benzene rings is 1. The molecule has 0 saturated carbocycles. The average molecular weight is 250 g/mol. The van der Waals surface area contributed by atoms with E-state index < -0.39 is 0 Å². The smallest absolute Gasteiger partial charge is 0.119 e. The fourth-order valence-electron chi connectivity index (χ4n) is 2.07. The number of nitrogens with one attached hydrogen (secondary N) is 1. The topological polar surface area (TPSA) is 33.7 Å². The summed E-state index contributed by atoms with van der Waals surface area (Å²) in [6.07, 6.45) is 1.16. The molecule has 0 bridgehead atoms. The van der Waals surface area contributed by atoms with E-state index in [0.717, 1.165) is 57.3 Å². The van der Waals surface area contributed by atoms with E-state index in [1.54, 1.807) is 7.11 Å². The van der Waals surface area contributed by atoms with Crippen LogP contribution in [-0.2, 0) is 4.74 Å². The summed E-state index contributed by atoms with van der Waals surface area (Å²) < 4.78 is 10.5. The van der Waals surface area contributed by atoms with Crippen LogP contribution in [0, 0.1) is 0 Å². The Bertz CT molecular complexity index is 334. The van der Waals surface area contributed by atoms with Crippen molar-refractivity contribution in [1.82, 2.24) is 4.90 Å². The van der Waals surface area contributed by atoms with Gasteiger partial charge in [-0.2, -0.15) is 0 Å². The standard InChI is InChI=1S/C14H22N2O2/c1-17-14-5-3-13(4-6-14)15-7-2-8-16-9-11-18-12-10-16/h3-6,15H,2,7-12H2,1H3. The number of ether oxygens (including phenoxy) is 2. The zero-order chi connectivity index (χ0) is 12.6. The van der Waals surface area contributed by atoms with Gasteiger partial charge in [0.05, 0.1) is 20.3 Å². The predicted octanol–water partition coefficient (Wildman–Crippen LogP) is 1.83. The lowest BCUT2D eigenvalue weighted by Gasteiger charge is -2.26. The van der Waals surface area contributed by atoms with Gasteiger partial charge in [0.25, 0.3) is 0 Å². The first-order chi connectivity index (χ1) is 8.88. The van der Waals surface area contributed by atoms with Gasteiger partial charge in [0, 0.05) is 25.3 Å². The van der Waals surface area contributed by atoms with E-state index >= 15 is 0 Å². The largest absolute Gasteiger partial charge is 0.497 e. The van der Waals surface area contributed by atoms with Gasteiger partial charge in [0.15, 0.2) is 0 Å². The van der Waals surface area contributed by atoms with Gasteiger partial charge in [0.1, 0.15) is 5.75 Å². The highest BCUT2D eigenvalue weighted by molar-refractivity contribution is 5.46. The average Bonchev–Trinajstić information content (AvgIpc) is 2.45. The summed E-state index contributed by atoms with van der Waals surface area (Å²) in [5.74, 6) is 0.897. The van der Waals surface area contributed by atoms with E-state index in [1.165, 1.54) is 0 Å². The lowest BCUT2D eigenvalue weighted by molar-refractivity contribution is 0.0378. The summed E-state index contributed by atoms with van der Waals surface area (Å²) in [7, 11) is 1.69. The van der Waals surface area contributed by atoms with Gasteiger partial charge >= 0.3 is 0 Å². The Morgan fingerprint density at radius 2 is 1.94 bits per heavy atom. The second-order valence-corrected chi connectivity index (χ2v) is 4.46. The summed E-state index contributed by atoms with van der Waals surface area (Å²) in [5, 5.41) is 3.42. The van der Waals surface area contributed by atoms with Crippen molar-refractivity contribution in [2.24, 2.45) is 0 Å². The van der Waals surface area contributed by atoms with Gasteiger partial charge in [-0.25, -0.2) is 0 Å². The minimum Gasteiger partial charge on any atom is -0.497 e. The molecule has 1 aromatic rings. The molecule has 0 unspecified atom stereocenters. The molecule has 0 radical (unpaired) electrons. The fourth-order valence-corrected chi connectivity index (χ4v) is 2.07. The number of nitrogens with zero attached hydrogens (tertiary/aromatic N) is 1. The lowest BCUT2D eigenvalue weighted by Crippen LogP contribution is -2.37. The third kappa shape index (κ3) is 4.20. The molecular formula is C14H22N2O2. The molecule has 0 atom stereocenters. The molecule has 1 aliphatic heterocycles. The summed E-state index contributed by atoms with van der Waals surface area (Å²) in [6, 6.07) is 8.05. The van der Waals surface area contributed by atoms with E-state index in [0.29, 0.717) is 0 Å². The van der Waals surface area contributed by atoms with Crippen LogP contribution < -0.4 is 10.1 Å². The Kier molecular flexibility index (Phi) is 5.30. The van der Waals surface area contributed by atoms with Crippen molar-refractivity contribution in [2.75, 3.05) is 51.8 Å². The van der Waals surface area contributed by atoms with Gasteiger partial charge in [-0.3, -0.25) is 4.90 Å². The van der Waals surface area contributed by atoms with E-state index in [1.807, 2.05) is 24.3 Å². The Morgan fingerprint density at radius 1 is 1.22 bits per heavy atom. The minimum atomic E-state index is 0.881. The second kappa shape index (κ2) is 7.24. The molecule has 4 nitrogen and oxygen atoms in total. The normalized spacial score (nSPS) is 16.5. The molecule has 1 aromatic carbocycles. The molecule has 0 amide bonds. The van der Waals surface area contributed by atoms with E-state index in [-0.39, 0.29) is 0 Å². The predicted molar refractivity (Wildman–Crippen MR) is 73.4 cm³/mol. The Labute approximate surface area is 109 Å². The first-order valence-electron chi connectivity index (χ1n) is 6.56. The quantitative estimate of drug-likeness (QED) is 0.781. The first-order valence-corrected chi connectivity index (χ1v) is 6.56. The maximum absolute atomic E-state index is 5.33. The molecule has 18 heavy (non-hydrogen) atoms. The number of morpholine rings is 1. The summed E-state index contributed by atoms with van der Waals surface area (Å²) >= 11 is 0. The number of methoxy groups -OCH3 is 1. The van der Waals surface area contributed by atoms with Gasteiger partial charge in [-0.05, 0) is 37.2 Å². The SMILES string of the molecule is COc1ccc(NCCCN2CCOCC2)cc1. The summed E-state index contributed by atoms with van der Waals surface area (Å²) in [6.45, 7) is 6.05. The Hall–Kier alpha value is -1.26. The molecule has 1 saturated heterocycles. The first kappa shape index (κ1) is 13.2. The lowest BCUT2D eigenvalue weighted by atomic mass is 10.3. The van der Waals surface area contributed by atoms with Crippen molar-refractivity contribution < 1.29 is 9.47 Å². The Morgan fingerprint density at radius 3 is 2.61 bits per heavy atom. The summed E-state index contributed by atoms with van der Waals surface area (Å²) in [5.41, 5.74) is 1.15. The minimum absolute atomic E-state index is 0.881. The zero-order valence-corrected chi connectivity index (χ0v) is 11.0. The van der Waals surface area contributed by atoms with Crippen molar-refractivity contribution >= 4 is 5.69 Å². The molecular weight excluding hydrogens is 228 g/mol. The van der Waals surface area contributed by atoms with Crippen LogP contribution in [-0.4, -0.2) is 51.4 Å². The fraction of sp³-hybridized carbons (Fsp3) is 0.571. The van der Waals surface area contributed by atoms with Crippen LogP contribution in [0.25, 0.3) is 0 Å². The van der Waals surface area contributed by atoms with E-state index in [4.69, 9.17) is 9.47 Å². The molecule has 1 heterocycles. The zero-order valence-electron chi connectivity index (χ0n) is 11.0. The number of anilines is 1. The van der Waals surface area contributed by atoms with Crippen molar-refractivity contribution in [2.45, 2.75) is 6.42 Å². The maximum Gasteiger partial charge on any atom is 0.119 e. The van der Waals surface area contributed by atoms with Gasteiger partial charge in [-0.15, -0.1) is 0 Å². The van der Waals surface area contributed by atoms with Crippen LogP contribution in [0.2, 0.25) is 0 Å². The van der Waals surface area contributed by atoms with E-state index in [2.05, 4.69) is 10.2 Å². The second-order valence-electron chi connectivity index (χ2n) is 4.46. The molecule has 2 rings (SSSR count). The summed E-state index contributed by atoms with van der Waals surface area (Å²) in [4.78, 5) is 2.46. The van der Waals surface area contributed by atoms with Gasteiger partial charge < -0.3 is 14.8 Å². The highest BCUT2D eigenvalue weighted by atomic mass is 16.5. The van der Waals surface area contributed by atoms with Crippen molar-refractivity contribution in [3.8, 4) is 5.75 Å². The maximum atomic E-state index is 5.33. The third-order valence-corrected chi connectivity index (χ3v) is 3.17. The molecule has 1 N–H and O–H groups in total. The van der Waals surface area contributed by atoms with Crippen molar-refractivity contribution in [3.05, 3.63) is 24.3 Å². The van der Waals surface area contributed by atoms with Crippen LogP contribution in [0.3, 0.4) is 0 Å². The van der Waals surface area contributed by atoms with Crippen LogP contribution in [0.5, 0.6) is 5.75 Å². The molecule has 0 aliphatic carbocycles. The van der Waals surface area contributed by atoms with Gasteiger partial charge in [-0.1, -0.05) is 0 Å². The molecule has 4 heteroatoms. The van der Waals surface area contributed by atoms with E-state index in [9.17, 15) is 0 Å². The number of hydrogen-bond donors (Lipinski definition) is 1. The van der Waals surface area contributed by atoms with Crippen LogP contribution in [0.4, 0.5) is 5.69 Å². The van der Waals surface area contributed by atoms with Crippen LogP contribution >= 0.6 is 0 Å². The third-order valence-electron chi connectivity index (χ3n) is 3.17. The number of rotatable bonds is 6. The molecule has 0 spiro atoms. The Balaban J connectivity index is 1.62. The van der Waals surface area contributed by atoms with Crippen LogP contribution in [0.15, 0.2) is 24.3 Å². The highest BCUT2D eigenvalue weighted by Crippen LogP contribution is 2.14. The molecule has 1 fully saturated rings. The molecule has 1 aliphatic rings. The highest BCUT2D eigenvalue weighted by Gasteiger charge is 2.08. The molecule has 100 valence electrons.